The molecule has 0 aromatic carbocycles. The van der Waals surface area contributed by atoms with Crippen molar-refractivity contribution in [2.24, 2.45) is 0 Å². The molecule has 0 spiro atoms. The zero-order valence-electron chi connectivity index (χ0n) is 8.33. The maximum atomic E-state index is 11.3. The molecular weight excluding hydrogens is 172 g/mol. The fraction of sp³-hybridized carbons (Fsp3) is 0.750. The van der Waals surface area contributed by atoms with Crippen molar-refractivity contribution in [2.75, 3.05) is 14.1 Å². The number of hydrogen-bond donors (Lipinski definition) is 0. The number of urea groups is 1. The van der Waals surface area contributed by atoms with E-state index in [4.69, 9.17) is 4.84 Å². The SMILES string of the molecule is CN(C)C(=O)N1OC(C)(C)CC1=O. The molecule has 0 aromatic heterocycles. The molecule has 3 amide bonds. The number of carbonyl (C=O) groups excluding carboxylic acids is 2. The minimum absolute atomic E-state index is 0.243. The van der Waals surface area contributed by atoms with Crippen molar-refractivity contribution in [3.05, 3.63) is 0 Å². The Balaban J connectivity index is 2.74. The molecule has 1 aliphatic heterocycles. The second kappa shape index (κ2) is 2.99. The van der Waals surface area contributed by atoms with Gasteiger partial charge in [0.25, 0.3) is 5.91 Å². The third-order valence-corrected chi connectivity index (χ3v) is 1.70. The summed E-state index contributed by atoms with van der Waals surface area (Å²) in [7, 11) is 3.15. The summed E-state index contributed by atoms with van der Waals surface area (Å²) >= 11 is 0. The molecule has 1 saturated heterocycles. The molecule has 0 radical (unpaired) electrons. The number of imide groups is 1. The highest BCUT2D eigenvalue weighted by atomic mass is 16.7. The second-order valence-electron chi connectivity index (χ2n) is 3.89. The predicted octanol–water partition coefficient (Wildman–Crippen LogP) is 0.611. The van der Waals surface area contributed by atoms with Gasteiger partial charge in [-0.3, -0.25) is 9.63 Å². The molecule has 0 bridgehead atoms. The van der Waals surface area contributed by atoms with Crippen molar-refractivity contribution in [1.82, 2.24) is 9.96 Å². The number of rotatable bonds is 0. The average Bonchev–Trinajstić information content (AvgIpc) is 2.22. The van der Waals surface area contributed by atoms with Crippen LogP contribution in [0.2, 0.25) is 0 Å². The Hall–Kier alpha value is -1.10. The van der Waals surface area contributed by atoms with Crippen LogP contribution < -0.4 is 0 Å². The second-order valence-corrected chi connectivity index (χ2v) is 3.89. The molecule has 0 saturated carbocycles. The molecule has 0 N–H and O–H groups in total. The zero-order chi connectivity index (χ0) is 10.2. The predicted molar refractivity (Wildman–Crippen MR) is 45.7 cm³/mol. The van der Waals surface area contributed by atoms with Crippen LogP contribution in [0.5, 0.6) is 0 Å². The fourth-order valence-electron chi connectivity index (χ4n) is 1.09. The standard InChI is InChI=1S/C8H14N2O3/c1-8(2)5-6(11)10(13-8)7(12)9(3)4/h5H2,1-4H3. The van der Waals surface area contributed by atoms with E-state index in [-0.39, 0.29) is 12.3 Å². The number of nitrogens with zero attached hydrogens (tertiary/aromatic N) is 2. The van der Waals surface area contributed by atoms with Crippen LogP contribution in [0.15, 0.2) is 0 Å². The lowest BCUT2D eigenvalue weighted by Crippen LogP contribution is -2.39. The quantitative estimate of drug-likeness (QED) is 0.557. The van der Waals surface area contributed by atoms with E-state index in [1.807, 2.05) is 0 Å². The summed E-state index contributed by atoms with van der Waals surface area (Å²) in [5, 5.41) is 0.819. The highest BCUT2D eigenvalue weighted by molar-refractivity contribution is 5.94. The first-order chi connectivity index (χ1) is 5.83. The van der Waals surface area contributed by atoms with E-state index in [0.29, 0.717) is 0 Å². The normalized spacial score (nSPS) is 20.6. The van der Waals surface area contributed by atoms with E-state index < -0.39 is 11.6 Å². The van der Waals surface area contributed by atoms with Crippen molar-refractivity contribution in [2.45, 2.75) is 25.9 Å². The van der Waals surface area contributed by atoms with Gasteiger partial charge < -0.3 is 4.90 Å². The summed E-state index contributed by atoms with van der Waals surface area (Å²) in [5.74, 6) is -0.288. The van der Waals surface area contributed by atoms with Crippen molar-refractivity contribution in [1.29, 1.82) is 0 Å². The highest BCUT2D eigenvalue weighted by Crippen LogP contribution is 2.26. The lowest BCUT2D eigenvalue weighted by molar-refractivity contribution is -0.170. The monoisotopic (exact) mass is 186 g/mol. The summed E-state index contributed by atoms with van der Waals surface area (Å²) in [6, 6.07) is -0.435. The molecular formula is C8H14N2O3. The van der Waals surface area contributed by atoms with Crippen LogP contribution in [0.3, 0.4) is 0 Å². The molecule has 0 unspecified atom stereocenters. The Morgan fingerprint density at radius 1 is 1.54 bits per heavy atom. The van der Waals surface area contributed by atoms with Gasteiger partial charge in [-0.05, 0) is 13.8 Å². The molecule has 0 aliphatic carbocycles. The van der Waals surface area contributed by atoms with E-state index in [2.05, 4.69) is 0 Å². The van der Waals surface area contributed by atoms with Crippen LogP contribution in [0.4, 0.5) is 4.79 Å². The van der Waals surface area contributed by atoms with Gasteiger partial charge in [0, 0.05) is 14.1 Å². The molecule has 5 heteroatoms. The van der Waals surface area contributed by atoms with Gasteiger partial charge in [-0.1, -0.05) is 0 Å². The fourth-order valence-corrected chi connectivity index (χ4v) is 1.09. The molecule has 1 aliphatic rings. The van der Waals surface area contributed by atoms with Crippen LogP contribution in [0, 0.1) is 0 Å². The number of amides is 3. The topological polar surface area (TPSA) is 49.9 Å². The molecule has 0 atom stereocenters. The van der Waals surface area contributed by atoms with Gasteiger partial charge in [-0.15, -0.1) is 5.06 Å². The van der Waals surface area contributed by atoms with Crippen LogP contribution >= 0.6 is 0 Å². The van der Waals surface area contributed by atoms with Crippen LogP contribution in [0.1, 0.15) is 20.3 Å². The van der Waals surface area contributed by atoms with Crippen molar-refractivity contribution in [3.8, 4) is 0 Å². The third-order valence-electron chi connectivity index (χ3n) is 1.70. The first-order valence-corrected chi connectivity index (χ1v) is 4.07. The maximum absolute atomic E-state index is 11.3. The van der Waals surface area contributed by atoms with Crippen molar-refractivity contribution < 1.29 is 14.4 Å². The molecule has 5 nitrogen and oxygen atoms in total. The van der Waals surface area contributed by atoms with E-state index in [9.17, 15) is 9.59 Å². The van der Waals surface area contributed by atoms with Gasteiger partial charge in [0.1, 0.15) is 5.60 Å². The average molecular weight is 186 g/mol. The number of hydrogen-bond acceptors (Lipinski definition) is 3. The molecule has 1 rings (SSSR count). The minimum atomic E-state index is -0.567. The zero-order valence-corrected chi connectivity index (χ0v) is 8.33. The lowest BCUT2D eigenvalue weighted by atomic mass is 10.1. The Bertz CT molecular complexity index is 248. The van der Waals surface area contributed by atoms with Gasteiger partial charge in [-0.25, -0.2) is 4.79 Å². The molecule has 0 aromatic rings. The third kappa shape index (κ3) is 1.98. The van der Waals surface area contributed by atoms with E-state index in [1.54, 1.807) is 27.9 Å². The van der Waals surface area contributed by atoms with Gasteiger partial charge in [0.15, 0.2) is 0 Å². The van der Waals surface area contributed by atoms with Crippen molar-refractivity contribution in [3.63, 3.8) is 0 Å². The van der Waals surface area contributed by atoms with E-state index in [1.165, 1.54) is 4.90 Å². The Kier molecular flexibility index (Phi) is 2.30. The summed E-state index contributed by atoms with van der Waals surface area (Å²) in [5.41, 5.74) is -0.567. The molecule has 13 heavy (non-hydrogen) atoms. The van der Waals surface area contributed by atoms with Gasteiger partial charge in [-0.2, -0.15) is 0 Å². The van der Waals surface area contributed by atoms with Crippen LogP contribution in [-0.4, -0.2) is 41.6 Å². The smallest absolute Gasteiger partial charge is 0.329 e. The van der Waals surface area contributed by atoms with Gasteiger partial charge in [0.2, 0.25) is 0 Å². The first-order valence-electron chi connectivity index (χ1n) is 4.07. The van der Waals surface area contributed by atoms with Gasteiger partial charge in [0.05, 0.1) is 6.42 Å². The van der Waals surface area contributed by atoms with Crippen molar-refractivity contribution >= 4 is 11.9 Å². The molecule has 74 valence electrons. The summed E-state index contributed by atoms with van der Waals surface area (Å²) in [6.45, 7) is 3.54. The first kappa shape index (κ1) is 9.98. The summed E-state index contributed by atoms with van der Waals surface area (Å²) in [6.07, 6.45) is 0.243. The van der Waals surface area contributed by atoms with E-state index >= 15 is 0 Å². The number of carbonyl (C=O) groups is 2. The Morgan fingerprint density at radius 2 is 2.08 bits per heavy atom. The lowest BCUT2D eigenvalue weighted by Gasteiger charge is -2.21. The summed E-state index contributed by atoms with van der Waals surface area (Å²) in [4.78, 5) is 29.1. The van der Waals surface area contributed by atoms with E-state index in [0.717, 1.165) is 5.06 Å². The van der Waals surface area contributed by atoms with Crippen LogP contribution in [0.25, 0.3) is 0 Å². The summed E-state index contributed by atoms with van der Waals surface area (Å²) < 4.78 is 0. The Labute approximate surface area is 77.2 Å². The molecule has 1 heterocycles. The maximum Gasteiger partial charge on any atom is 0.350 e. The largest absolute Gasteiger partial charge is 0.350 e. The Morgan fingerprint density at radius 3 is 2.38 bits per heavy atom. The van der Waals surface area contributed by atoms with Gasteiger partial charge >= 0.3 is 6.03 Å². The highest BCUT2D eigenvalue weighted by Gasteiger charge is 2.41. The molecule has 1 fully saturated rings. The van der Waals surface area contributed by atoms with Crippen LogP contribution in [-0.2, 0) is 9.63 Å². The minimum Gasteiger partial charge on any atom is -0.329 e. The number of hydroxylamine groups is 2.